The quantitative estimate of drug-likeness (QED) is 0.490. The Hall–Kier alpha value is -1.30. The maximum absolute atomic E-state index is 4.74. The van der Waals surface area contributed by atoms with Gasteiger partial charge in [-0.1, -0.05) is 18.6 Å². The fraction of sp³-hybridized carbons (Fsp3) is 0.500. The van der Waals surface area contributed by atoms with Crippen LogP contribution >= 0.6 is 0 Å². The molecule has 0 radical (unpaired) electrons. The summed E-state index contributed by atoms with van der Waals surface area (Å²) >= 11 is 0. The van der Waals surface area contributed by atoms with Crippen molar-refractivity contribution < 1.29 is 24.8 Å². The van der Waals surface area contributed by atoms with Gasteiger partial charge < -0.3 is 29.7 Å². The molecule has 126 valence electrons. The summed E-state index contributed by atoms with van der Waals surface area (Å²) in [5.41, 5.74) is 2.11. The molecular formula is C16H21Cl2N5-2. The summed E-state index contributed by atoms with van der Waals surface area (Å²) in [6.45, 7) is 6.61. The van der Waals surface area contributed by atoms with Crippen LogP contribution in [0.5, 0.6) is 0 Å². The van der Waals surface area contributed by atoms with Crippen LogP contribution in [0.15, 0.2) is 24.3 Å². The lowest BCUT2D eigenvalue weighted by Crippen LogP contribution is -3.00. The lowest BCUT2D eigenvalue weighted by atomic mass is 10.1. The van der Waals surface area contributed by atoms with Gasteiger partial charge >= 0.3 is 0 Å². The molecule has 3 heterocycles. The third-order valence-electron chi connectivity index (χ3n) is 4.49. The van der Waals surface area contributed by atoms with Gasteiger partial charge in [-0.25, -0.2) is 4.98 Å². The second-order valence-corrected chi connectivity index (χ2v) is 5.91. The van der Waals surface area contributed by atoms with Crippen LogP contribution in [0.2, 0.25) is 0 Å². The van der Waals surface area contributed by atoms with Crippen molar-refractivity contribution in [1.29, 1.82) is 0 Å². The fourth-order valence-electron chi connectivity index (χ4n) is 3.30. The zero-order valence-corrected chi connectivity index (χ0v) is 14.8. The number of aryl methyl sites for hydroxylation is 1. The smallest absolute Gasteiger partial charge is 0.233 e. The molecule has 2 aromatic heterocycles. The van der Waals surface area contributed by atoms with Crippen LogP contribution in [0.1, 0.15) is 25.1 Å². The first-order valence-electron chi connectivity index (χ1n) is 7.86. The minimum Gasteiger partial charge on any atom is -1.00 e. The van der Waals surface area contributed by atoms with Crippen LogP contribution in [0.4, 0.5) is 0 Å². The van der Waals surface area contributed by atoms with Crippen molar-refractivity contribution in [3.05, 3.63) is 30.1 Å². The van der Waals surface area contributed by atoms with Crippen LogP contribution in [0.25, 0.3) is 16.8 Å². The fourth-order valence-corrected chi connectivity index (χ4v) is 3.30. The number of piperidine rings is 1. The Balaban J connectivity index is 0.000000960. The Bertz CT molecular complexity index is 773. The van der Waals surface area contributed by atoms with E-state index in [1.165, 1.54) is 32.4 Å². The van der Waals surface area contributed by atoms with E-state index in [0.717, 1.165) is 35.7 Å². The van der Waals surface area contributed by atoms with Crippen LogP contribution in [-0.4, -0.2) is 43.7 Å². The highest BCUT2D eigenvalue weighted by Crippen LogP contribution is 2.17. The van der Waals surface area contributed by atoms with E-state index in [0.29, 0.717) is 0 Å². The standard InChI is InChI=1S/C16H21N5.2ClH/c1-13-18-21-15-8-4-3-7-14(15)17-16(21)20(13)12-11-19-9-5-2-6-10-19;;/h3-4,7-8H,2,5-6,9-12H2,1H3;2*1H/p-2. The number of benzene rings is 1. The maximum atomic E-state index is 4.74. The van der Waals surface area contributed by atoms with E-state index in [-0.39, 0.29) is 24.8 Å². The number of imidazole rings is 1. The van der Waals surface area contributed by atoms with Gasteiger partial charge in [-0.2, -0.15) is 9.61 Å². The monoisotopic (exact) mass is 353 g/mol. The summed E-state index contributed by atoms with van der Waals surface area (Å²) in [6, 6.07) is 8.20. The second-order valence-electron chi connectivity index (χ2n) is 5.91. The second kappa shape index (κ2) is 7.51. The zero-order valence-electron chi connectivity index (χ0n) is 13.3. The highest BCUT2D eigenvalue weighted by molar-refractivity contribution is 5.78. The Morgan fingerprint density at radius 1 is 1.00 bits per heavy atom. The van der Waals surface area contributed by atoms with Gasteiger partial charge in [0.2, 0.25) is 5.78 Å². The summed E-state index contributed by atoms with van der Waals surface area (Å²) in [4.78, 5) is 7.30. The van der Waals surface area contributed by atoms with Gasteiger partial charge in [0.15, 0.2) is 0 Å². The molecule has 5 nitrogen and oxygen atoms in total. The number of para-hydroxylation sites is 2. The lowest BCUT2D eigenvalue weighted by Gasteiger charge is -2.26. The molecule has 23 heavy (non-hydrogen) atoms. The maximum Gasteiger partial charge on any atom is 0.233 e. The van der Waals surface area contributed by atoms with E-state index in [1.807, 2.05) is 22.7 Å². The summed E-state index contributed by atoms with van der Waals surface area (Å²) in [5.74, 6) is 2.01. The predicted molar refractivity (Wildman–Crippen MR) is 83.5 cm³/mol. The van der Waals surface area contributed by atoms with Gasteiger partial charge in [0, 0.05) is 13.1 Å². The third kappa shape index (κ3) is 3.32. The summed E-state index contributed by atoms with van der Waals surface area (Å²) in [7, 11) is 0. The number of aromatic nitrogens is 4. The molecule has 0 amide bonds. The van der Waals surface area contributed by atoms with Crippen molar-refractivity contribution in [3.63, 3.8) is 0 Å². The molecule has 0 aliphatic carbocycles. The van der Waals surface area contributed by atoms with E-state index in [2.05, 4.69) is 27.6 Å². The molecule has 0 unspecified atom stereocenters. The first-order chi connectivity index (χ1) is 10.3. The van der Waals surface area contributed by atoms with E-state index in [4.69, 9.17) is 4.98 Å². The van der Waals surface area contributed by atoms with E-state index in [1.54, 1.807) is 0 Å². The van der Waals surface area contributed by atoms with Gasteiger partial charge in [-0.15, -0.1) is 0 Å². The van der Waals surface area contributed by atoms with Crippen molar-refractivity contribution in [1.82, 2.24) is 24.1 Å². The van der Waals surface area contributed by atoms with Crippen LogP contribution in [0, 0.1) is 6.92 Å². The number of nitrogens with zero attached hydrogens (tertiary/aromatic N) is 5. The van der Waals surface area contributed by atoms with Crippen molar-refractivity contribution in [2.24, 2.45) is 0 Å². The first kappa shape index (κ1) is 18.0. The minimum absolute atomic E-state index is 0. The molecule has 0 N–H and O–H groups in total. The highest BCUT2D eigenvalue weighted by Gasteiger charge is 2.15. The van der Waals surface area contributed by atoms with Crippen molar-refractivity contribution in [2.45, 2.75) is 32.7 Å². The molecular weight excluding hydrogens is 333 g/mol. The number of hydrogen-bond donors (Lipinski definition) is 0. The average molecular weight is 354 g/mol. The first-order valence-corrected chi connectivity index (χ1v) is 7.86. The molecule has 1 aliphatic heterocycles. The molecule has 1 aliphatic rings. The van der Waals surface area contributed by atoms with Gasteiger partial charge in [0.1, 0.15) is 5.82 Å². The molecule has 7 heteroatoms. The molecule has 3 aromatic rings. The van der Waals surface area contributed by atoms with E-state index < -0.39 is 0 Å². The number of fused-ring (bicyclic) bond motifs is 3. The number of rotatable bonds is 3. The van der Waals surface area contributed by atoms with E-state index in [9.17, 15) is 0 Å². The number of likely N-dealkylation sites (tertiary alicyclic amines) is 1. The van der Waals surface area contributed by atoms with E-state index >= 15 is 0 Å². The highest BCUT2D eigenvalue weighted by atomic mass is 35.5. The van der Waals surface area contributed by atoms with Crippen LogP contribution in [0.3, 0.4) is 0 Å². The zero-order chi connectivity index (χ0) is 14.2. The Morgan fingerprint density at radius 3 is 2.52 bits per heavy atom. The van der Waals surface area contributed by atoms with Gasteiger partial charge in [0.25, 0.3) is 0 Å². The normalized spacial score (nSPS) is 15.5. The number of hydrogen-bond acceptors (Lipinski definition) is 3. The predicted octanol–water partition coefficient (Wildman–Crippen LogP) is -3.51. The SMILES string of the molecule is Cc1nn2c3ccccc3nc2n1CCN1CCCCC1.[Cl-].[Cl-]. The molecule has 0 saturated carbocycles. The molecule has 0 bridgehead atoms. The molecule has 1 saturated heterocycles. The molecule has 1 aromatic carbocycles. The summed E-state index contributed by atoms with van der Waals surface area (Å²) in [6.07, 6.45) is 4.06. The molecule has 0 atom stereocenters. The van der Waals surface area contributed by atoms with Gasteiger partial charge in [-0.3, -0.25) is 4.57 Å². The third-order valence-corrected chi connectivity index (χ3v) is 4.49. The minimum atomic E-state index is 0. The Labute approximate surface area is 148 Å². The van der Waals surface area contributed by atoms with Crippen LogP contribution in [-0.2, 0) is 6.54 Å². The van der Waals surface area contributed by atoms with Crippen molar-refractivity contribution in [2.75, 3.05) is 19.6 Å². The van der Waals surface area contributed by atoms with Crippen molar-refractivity contribution >= 4 is 16.8 Å². The van der Waals surface area contributed by atoms with Crippen molar-refractivity contribution in [3.8, 4) is 0 Å². The Kier molecular flexibility index (Phi) is 5.89. The largest absolute Gasteiger partial charge is 1.00 e. The number of halogens is 2. The summed E-state index contributed by atoms with van der Waals surface area (Å²) < 4.78 is 4.22. The molecule has 0 spiro atoms. The lowest BCUT2D eigenvalue weighted by molar-refractivity contribution is -0.001000. The van der Waals surface area contributed by atoms with Crippen LogP contribution < -0.4 is 24.8 Å². The molecule has 1 fully saturated rings. The van der Waals surface area contributed by atoms with Gasteiger partial charge in [0.05, 0.1) is 11.0 Å². The average Bonchev–Trinajstić information content (AvgIpc) is 3.01. The molecule has 4 rings (SSSR count). The Morgan fingerprint density at radius 2 is 1.74 bits per heavy atom. The summed E-state index contributed by atoms with van der Waals surface area (Å²) in [5, 5.41) is 4.66. The van der Waals surface area contributed by atoms with Gasteiger partial charge in [-0.05, 0) is 45.0 Å². The topological polar surface area (TPSA) is 38.4 Å².